The van der Waals surface area contributed by atoms with E-state index in [9.17, 15) is 0 Å². The molecule has 5 nitrogen and oxygen atoms in total. The minimum absolute atomic E-state index is 0.269. The molecule has 1 aromatic carbocycles. The summed E-state index contributed by atoms with van der Waals surface area (Å²) in [5, 5.41) is 3.27. The molecule has 1 aromatic rings. The highest BCUT2D eigenvalue weighted by atomic mass is 16.5. The molecule has 1 fully saturated rings. The summed E-state index contributed by atoms with van der Waals surface area (Å²) < 4.78 is 11.0. The molecule has 0 spiro atoms. The average Bonchev–Trinajstić information content (AvgIpc) is 3.08. The van der Waals surface area contributed by atoms with Crippen molar-refractivity contribution in [2.75, 3.05) is 31.7 Å². The Hall–Kier alpha value is -1.59. The molecule has 1 atom stereocenters. The van der Waals surface area contributed by atoms with Crippen molar-refractivity contribution >= 4 is 11.6 Å². The number of hydrogen-bond donors (Lipinski definition) is 2. The zero-order chi connectivity index (χ0) is 15.9. The van der Waals surface area contributed by atoms with Gasteiger partial charge in [0.1, 0.15) is 0 Å². The molecule has 5 heteroatoms. The van der Waals surface area contributed by atoms with Crippen LogP contribution in [0.2, 0.25) is 0 Å². The number of guanidine groups is 1. The van der Waals surface area contributed by atoms with Crippen molar-refractivity contribution in [1.82, 2.24) is 0 Å². The van der Waals surface area contributed by atoms with Gasteiger partial charge in [0, 0.05) is 25.4 Å². The third-order valence-electron chi connectivity index (χ3n) is 4.48. The van der Waals surface area contributed by atoms with Gasteiger partial charge in [-0.2, -0.15) is 0 Å². The van der Waals surface area contributed by atoms with Crippen LogP contribution in [0.1, 0.15) is 36.8 Å². The van der Waals surface area contributed by atoms with Gasteiger partial charge >= 0.3 is 0 Å². The maximum absolute atomic E-state index is 6.02. The Labute approximate surface area is 138 Å². The Morgan fingerprint density at radius 1 is 1.35 bits per heavy atom. The molecular weight excluding hydrogens is 290 g/mol. The molecule has 1 aliphatic carbocycles. The normalized spacial score (nSPS) is 21.2. The van der Waals surface area contributed by atoms with Crippen LogP contribution in [0.5, 0.6) is 0 Å². The lowest BCUT2D eigenvalue weighted by Crippen LogP contribution is -2.24. The molecule has 0 saturated carbocycles. The van der Waals surface area contributed by atoms with E-state index < -0.39 is 0 Å². The summed E-state index contributed by atoms with van der Waals surface area (Å²) in [4.78, 5) is 4.40. The van der Waals surface area contributed by atoms with Crippen LogP contribution in [0.4, 0.5) is 5.69 Å². The van der Waals surface area contributed by atoms with Gasteiger partial charge in [-0.15, -0.1) is 0 Å². The molecule has 2 aliphatic rings. The zero-order valence-corrected chi connectivity index (χ0v) is 13.7. The number of aliphatic imine (C=N–C) groups is 1. The molecule has 126 valence electrons. The first-order valence-electron chi connectivity index (χ1n) is 8.70. The van der Waals surface area contributed by atoms with E-state index in [1.807, 2.05) is 0 Å². The molecule has 3 N–H and O–H groups in total. The number of aryl methyl sites for hydroxylation is 1. The van der Waals surface area contributed by atoms with Gasteiger partial charge in [-0.05, 0) is 55.7 Å². The van der Waals surface area contributed by atoms with Gasteiger partial charge in [0.25, 0.3) is 0 Å². The number of rotatable bonds is 6. The van der Waals surface area contributed by atoms with Crippen molar-refractivity contribution in [1.29, 1.82) is 0 Å². The SMILES string of the molecule is NC(=NCCCOC1CCOC1)Nc1cccc2c1CCCC2. The van der Waals surface area contributed by atoms with Crippen LogP contribution < -0.4 is 11.1 Å². The van der Waals surface area contributed by atoms with E-state index in [0.29, 0.717) is 19.1 Å². The Morgan fingerprint density at radius 2 is 2.26 bits per heavy atom. The Morgan fingerprint density at radius 3 is 3.13 bits per heavy atom. The number of ether oxygens (including phenoxy) is 2. The lowest BCUT2D eigenvalue weighted by atomic mass is 9.90. The maximum atomic E-state index is 6.02. The standard InChI is InChI=1S/C18H27N3O2/c19-18(20-10-4-11-23-15-9-12-22-13-15)21-17-8-3-6-14-5-1-2-7-16(14)17/h3,6,8,15H,1-2,4-5,7,9-13H2,(H3,19,20,21). The number of nitrogens with one attached hydrogen (secondary N) is 1. The first kappa shape index (κ1) is 16.3. The molecule has 1 unspecified atom stereocenters. The predicted molar refractivity (Wildman–Crippen MR) is 93.0 cm³/mol. The Balaban J connectivity index is 1.44. The minimum Gasteiger partial charge on any atom is -0.379 e. The Bertz CT molecular complexity index is 539. The molecule has 0 aromatic heterocycles. The third-order valence-corrected chi connectivity index (χ3v) is 4.48. The number of fused-ring (bicyclic) bond motifs is 1. The molecular formula is C18H27N3O2. The second kappa shape index (κ2) is 8.31. The lowest BCUT2D eigenvalue weighted by Gasteiger charge is -2.19. The van der Waals surface area contributed by atoms with Crippen molar-refractivity contribution in [2.24, 2.45) is 10.7 Å². The number of nitrogens with zero attached hydrogens (tertiary/aromatic N) is 1. The zero-order valence-electron chi connectivity index (χ0n) is 13.7. The first-order valence-corrected chi connectivity index (χ1v) is 8.70. The van der Waals surface area contributed by atoms with E-state index in [2.05, 4.69) is 28.5 Å². The smallest absolute Gasteiger partial charge is 0.193 e. The number of anilines is 1. The second-order valence-electron chi connectivity index (χ2n) is 6.25. The fourth-order valence-corrected chi connectivity index (χ4v) is 3.23. The van der Waals surface area contributed by atoms with E-state index in [4.69, 9.17) is 15.2 Å². The van der Waals surface area contributed by atoms with Gasteiger partial charge in [0.05, 0.1) is 12.7 Å². The van der Waals surface area contributed by atoms with Crippen molar-refractivity contribution < 1.29 is 9.47 Å². The molecule has 23 heavy (non-hydrogen) atoms. The average molecular weight is 317 g/mol. The number of nitrogens with two attached hydrogens (primary N) is 1. The van der Waals surface area contributed by atoms with E-state index in [-0.39, 0.29) is 6.10 Å². The van der Waals surface area contributed by atoms with Gasteiger partial charge in [-0.25, -0.2) is 0 Å². The van der Waals surface area contributed by atoms with Crippen LogP contribution in [0.25, 0.3) is 0 Å². The molecule has 0 radical (unpaired) electrons. The van der Waals surface area contributed by atoms with Gasteiger partial charge in [0.2, 0.25) is 0 Å². The van der Waals surface area contributed by atoms with Crippen molar-refractivity contribution in [3.63, 3.8) is 0 Å². The van der Waals surface area contributed by atoms with E-state index in [1.54, 1.807) is 0 Å². The van der Waals surface area contributed by atoms with Crippen LogP contribution in [0.3, 0.4) is 0 Å². The highest BCUT2D eigenvalue weighted by molar-refractivity contribution is 5.93. The topological polar surface area (TPSA) is 68.9 Å². The molecule has 0 amide bonds. The van der Waals surface area contributed by atoms with Crippen LogP contribution >= 0.6 is 0 Å². The molecule has 1 aliphatic heterocycles. The summed E-state index contributed by atoms with van der Waals surface area (Å²) in [5.74, 6) is 0.494. The van der Waals surface area contributed by atoms with Crippen LogP contribution in [0.15, 0.2) is 23.2 Å². The fraction of sp³-hybridized carbons (Fsp3) is 0.611. The number of hydrogen-bond acceptors (Lipinski definition) is 3. The monoisotopic (exact) mass is 317 g/mol. The fourth-order valence-electron chi connectivity index (χ4n) is 3.23. The van der Waals surface area contributed by atoms with Crippen molar-refractivity contribution in [2.45, 2.75) is 44.6 Å². The van der Waals surface area contributed by atoms with Crippen LogP contribution in [-0.4, -0.2) is 38.4 Å². The van der Waals surface area contributed by atoms with Gasteiger partial charge in [-0.3, -0.25) is 4.99 Å². The van der Waals surface area contributed by atoms with E-state index >= 15 is 0 Å². The van der Waals surface area contributed by atoms with E-state index in [1.165, 1.54) is 30.4 Å². The highest BCUT2D eigenvalue weighted by Crippen LogP contribution is 2.27. The van der Waals surface area contributed by atoms with E-state index in [0.717, 1.165) is 38.2 Å². The van der Waals surface area contributed by atoms with Gasteiger partial charge in [0.15, 0.2) is 5.96 Å². The van der Waals surface area contributed by atoms with Crippen LogP contribution in [0, 0.1) is 0 Å². The second-order valence-corrected chi connectivity index (χ2v) is 6.25. The third kappa shape index (κ3) is 4.69. The van der Waals surface area contributed by atoms with Crippen molar-refractivity contribution in [3.8, 4) is 0 Å². The molecule has 1 saturated heterocycles. The lowest BCUT2D eigenvalue weighted by molar-refractivity contribution is 0.0424. The molecule has 1 heterocycles. The molecule has 3 rings (SSSR count). The summed E-state index contributed by atoms with van der Waals surface area (Å²) in [7, 11) is 0. The van der Waals surface area contributed by atoms with Crippen molar-refractivity contribution in [3.05, 3.63) is 29.3 Å². The van der Waals surface area contributed by atoms with Gasteiger partial charge < -0.3 is 20.5 Å². The number of benzene rings is 1. The van der Waals surface area contributed by atoms with Crippen LogP contribution in [-0.2, 0) is 22.3 Å². The summed E-state index contributed by atoms with van der Waals surface area (Å²) >= 11 is 0. The summed E-state index contributed by atoms with van der Waals surface area (Å²) in [6.45, 7) is 2.94. The minimum atomic E-state index is 0.269. The molecule has 0 bridgehead atoms. The summed E-state index contributed by atoms with van der Waals surface area (Å²) in [6, 6.07) is 6.41. The quantitative estimate of drug-likeness (QED) is 0.480. The summed E-state index contributed by atoms with van der Waals surface area (Å²) in [6.07, 6.45) is 6.99. The first-order chi connectivity index (χ1) is 11.3. The maximum Gasteiger partial charge on any atom is 0.193 e. The highest BCUT2D eigenvalue weighted by Gasteiger charge is 2.15. The summed E-state index contributed by atoms with van der Waals surface area (Å²) in [5.41, 5.74) is 9.98. The largest absolute Gasteiger partial charge is 0.379 e. The predicted octanol–water partition coefficient (Wildman–Crippen LogP) is 2.49. The Kier molecular flexibility index (Phi) is 5.88. The van der Waals surface area contributed by atoms with Gasteiger partial charge in [-0.1, -0.05) is 12.1 Å².